The topological polar surface area (TPSA) is 67.1 Å². The van der Waals surface area contributed by atoms with Gasteiger partial charge >= 0.3 is 0 Å². The number of unbranched alkanes of at least 4 members (excludes halogenated alkanes) is 1. The second kappa shape index (κ2) is 11.0. The number of aromatic nitrogens is 3. The predicted molar refractivity (Wildman–Crippen MR) is 96.5 cm³/mol. The third-order valence-corrected chi connectivity index (χ3v) is 4.13. The molecule has 6 nitrogen and oxygen atoms in total. The maximum Gasteiger partial charge on any atom is 0.191 e. The van der Waals surface area contributed by atoms with Crippen LogP contribution in [0.25, 0.3) is 0 Å². The fourth-order valence-electron chi connectivity index (χ4n) is 2.57. The summed E-state index contributed by atoms with van der Waals surface area (Å²) in [5.41, 5.74) is 0. The highest BCUT2D eigenvalue weighted by molar-refractivity contribution is 5.79. The number of nitrogens with zero attached hydrogens (tertiary/aromatic N) is 4. The van der Waals surface area contributed by atoms with E-state index >= 15 is 0 Å². The van der Waals surface area contributed by atoms with Crippen LogP contribution in [0.2, 0.25) is 0 Å². The molecule has 0 saturated heterocycles. The molecule has 0 aliphatic rings. The molecule has 1 unspecified atom stereocenters. The first-order valence-electron chi connectivity index (χ1n) is 8.99. The van der Waals surface area contributed by atoms with E-state index in [1.54, 1.807) is 0 Å². The molecule has 2 N–H and O–H groups in total. The Balaban J connectivity index is 2.58. The van der Waals surface area contributed by atoms with E-state index in [0.717, 1.165) is 36.6 Å². The zero-order valence-electron chi connectivity index (χ0n) is 15.5. The van der Waals surface area contributed by atoms with Crippen LogP contribution in [0.5, 0.6) is 0 Å². The smallest absolute Gasteiger partial charge is 0.191 e. The van der Waals surface area contributed by atoms with Crippen molar-refractivity contribution in [3.63, 3.8) is 0 Å². The fraction of sp³-hybridized carbons (Fsp3) is 0.824. The maximum absolute atomic E-state index is 4.64. The Kier molecular flexibility index (Phi) is 9.33. The number of aryl methyl sites for hydroxylation is 1. The minimum Gasteiger partial charge on any atom is -0.357 e. The lowest BCUT2D eigenvalue weighted by Crippen LogP contribution is -2.39. The maximum atomic E-state index is 4.64. The van der Waals surface area contributed by atoms with Gasteiger partial charge < -0.3 is 15.2 Å². The molecule has 1 atom stereocenters. The van der Waals surface area contributed by atoms with Crippen LogP contribution < -0.4 is 10.6 Å². The number of aliphatic imine (C=N–C) groups is 1. The van der Waals surface area contributed by atoms with Crippen LogP contribution in [0.3, 0.4) is 0 Å². The Hall–Kier alpha value is -1.59. The largest absolute Gasteiger partial charge is 0.357 e. The summed E-state index contributed by atoms with van der Waals surface area (Å²) in [5.74, 6) is 3.39. The Labute approximate surface area is 141 Å². The minimum atomic E-state index is 0.542. The number of hydrogen-bond donors (Lipinski definition) is 2. The van der Waals surface area contributed by atoms with Gasteiger partial charge in [0.1, 0.15) is 12.4 Å². The number of rotatable bonds is 10. The Morgan fingerprint density at radius 1 is 1.13 bits per heavy atom. The highest BCUT2D eigenvalue weighted by atomic mass is 15.3. The summed E-state index contributed by atoms with van der Waals surface area (Å²) in [5, 5.41) is 15.0. The summed E-state index contributed by atoms with van der Waals surface area (Å²) in [6.07, 6.45) is 6.37. The van der Waals surface area contributed by atoms with E-state index < -0.39 is 0 Å². The third-order valence-electron chi connectivity index (χ3n) is 4.13. The molecule has 23 heavy (non-hydrogen) atoms. The second-order valence-corrected chi connectivity index (χ2v) is 6.10. The van der Waals surface area contributed by atoms with Gasteiger partial charge in [-0.3, -0.25) is 0 Å². The first kappa shape index (κ1) is 19.5. The molecular formula is C17H34N6. The lowest BCUT2D eigenvalue weighted by molar-refractivity contribution is 0.423. The number of nitrogens with one attached hydrogen (secondary N) is 2. The summed E-state index contributed by atoms with van der Waals surface area (Å²) in [6, 6.07) is 0. The van der Waals surface area contributed by atoms with Crippen LogP contribution in [-0.4, -0.2) is 33.8 Å². The number of guanidine groups is 1. The minimum absolute atomic E-state index is 0.542. The predicted octanol–water partition coefficient (Wildman–Crippen LogP) is 2.79. The molecule has 0 aromatic carbocycles. The first-order chi connectivity index (χ1) is 11.1. The molecule has 1 rings (SSSR count). The van der Waals surface area contributed by atoms with Gasteiger partial charge in [-0.25, -0.2) is 4.99 Å². The quantitative estimate of drug-likeness (QED) is 0.513. The van der Waals surface area contributed by atoms with Crippen molar-refractivity contribution >= 4 is 5.96 Å². The molecular weight excluding hydrogens is 288 g/mol. The van der Waals surface area contributed by atoms with Crippen LogP contribution >= 0.6 is 0 Å². The van der Waals surface area contributed by atoms with Gasteiger partial charge in [0, 0.05) is 20.1 Å². The third kappa shape index (κ3) is 7.01. The molecule has 0 saturated carbocycles. The second-order valence-electron chi connectivity index (χ2n) is 6.10. The molecule has 0 spiro atoms. The molecule has 1 heterocycles. The lowest BCUT2D eigenvalue weighted by Gasteiger charge is -2.18. The van der Waals surface area contributed by atoms with Gasteiger partial charge in [-0.05, 0) is 32.6 Å². The lowest BCUT2D eigenvalue weighted by atomic mass is 9.97. The first-order valence-corrected chi connectivity index (χ1v) is 8.99. The van der Waals surface area contributed by atoms with E-state index in [2.05, 4.69) is 46.6 Å². The van der Waals surface area contributed by atoms with Gasteiger partial charge in [0.15, 0.2) is 11.8 Å². The Morgan fingerprint density at radius 3 is 2.48 bits per heavy atom. The molecule has 132 valence electrons. The van der Waals surface area contributed by atoms with Crippen molar-refractivity contribution in [1.82, 2.24) is 25.4 Å². The molecule has 1 aromatic rings. The summed E-state index contributed by atoms with van der Waals surface area (Å²) in [4.78, 5) is 4.64. The summed E-state index contributed by atoms with van der Waals surface area (Å²) in [6.45, 7) is 10.9. The fourth-order valence-corrected chi connectivity index (χ4v) is 2.57. The molecule has 0 aliphatic heterocycles. The van der Waals surface area contributed by atoms with E-state index in [1.807, 2.05) is 18.5 Å². The van der Waals surface area contributed by atoms with Crippen molar-refractivity contribution in [1.29, 1.82) is 0 Å². The van der Waals surface area contributed by atoms with Crippen LogP contribution in [0.1, 0.15) is 64.5 Å². The normalized spacial score (nSPS) is 13.2. The zero-order chi connectivity index (χ0) is 17.1. The van der Waals surface area contributed by atoms with E-state index in [1.165, 1.54) is 32.1 Å². The van der Waals surface area contributed by atoms with E-state index in [-0.39, 0.29) is 0 Å². The van der Waals surface area contributed by atoms with Crippen LogP contribution in [0.4, 0.5) is 0 Å². The molecule has 0 fully saturated rings. The van der Waals surface area contributed by atoms with Crippen molar-refractivity contribution in [2.75, 3.05) is 13.1 Å². The van der Waals surface area contributed by atoms with Crippen molar-refractivity contribution in [3.05, 3.63) is 11.6 Å². The van der Waals surface area contributed by atoms with Crippen molar-refractivity contribution in [2.45, 2.75) is 66.3 Å². The van der Waals surface area contributed by atoms with Crippen LogP contribution in [0.15, 0.2) is 4.99 Å². The molecule has 1 aromatic heterocycles. The van der Waals surface area contributed by atoms with Crippen LogP contribution in [0, 0.1) is 12.8 Å². The van der Waals surface area contributed by atoms with E-state index in [9.17, 15) is 0 Å². The van der Waals surface area contributed by atoms with Gasteiger partial charge in [0.25, 0.3) is 0 Å². The average Bonchev–Trinajstić information content (AvgIpc) is 2.86. The van der Waals surface area contributed by atoms with Gasteiger partial charge in [-0.1, -0.05) is 33.1 Å². The monoisotopic (exact) mass is 322 g/mol. The summed E-state index contributed by atoms with van der Waals surface area (Å²) < 4.78 is 1.98. The van der Waals surface area contributed by atoms with Crippen LogP contribution in [-0.2, 0) is 13.6 Å². The van der Waals surface area contributed by atoms with Gasteiger partial charge in [0.05, 0.1) is 0 Å². The van der Waals surface area contributed by atoms with E-state index in [0.29, 0.717) is 6.54 Å². The van der Waals surface area contributed by atoms with Gasteiger partial charge in [0.2, 0.25) is 0 Å². The van der Waals surface area contributed by atoms with Gasteiger partial charge in [-0.2, -0.15) is 0 Å². The highest BCUT2D eigenvalue weighted by Gasteiger charge is 2.09. The standard InChI is InChI=1S/C17H34N6/c1-6-9-11-15(10-7-2)12-19-17(18-8-3)20-13-16-22-21-14(4)23(16)5/h15H,6-13H2,1-5H3,(H2,18,19,20). The molecule has 0 bridgehead atoms. The molecule has 0 aliphatic carbocycles. The van der Waals surface area contributed by atoms with Crippen molar-refractivity contribution < 1.29 is 0 Å². The highest BCUT2D eigenvalue weighted by Crippen LogP contribution is 2.13. The Morgan fingerprint density at radius 2 is 1.91 bits per heavy atom. The summed E-state index contributed by atoms with van der Waals surface area (Å²) >= 11 is 0. The molecule has 0 radical (unpaired) electrons. The zero-order valence-corrected chi connectivity index (χ0v) is 15.5. The number of hydrogen-bond acceptors (Lipinski definition) is 3. The van der Waals surface area contributed by atoms with Crippen molar-refractivity contribution in [3.8, 4) is 0 Å². The summed E-state index contributed by atoms with van der Waals surface area (Å²) in [7, 11) is 1.97. The average molecular weight is 323 g/mol. The van der Waals surface area contributed by atoms with Crippen molar-refractivity contribution in [2.24, 2.45) is 18.0 Å². The molecule has 6 heteroatoms. The molecule has 0 amide bonds. The Bertz CT molecular complexity index is 466. The van der Waals surface area contributed by atoms with Gasteiger partial charge in [-0.15, -0.1) is 10.2 Å². The SMILES string of the molecule is CCCCC(CCC)CNC(=NCc1nnc(C)n1C)NCC. The van der Waals surface area contributed by atoms with E-state index in [4.69, 9.17) is 0 Å².